The molecule has 0 unspecified atom stereocenters. The smallest absolute Gasteiger partial charge is 0.329 e. The summed E-state index contributed by atoms with van der Waals surface area (Å²) < 4.78 is 37.6. The minimum atomic E-state index is -4.43. The molecule has 0 aliphatic rings. The second-order valence-electron chi connectivity index (χ2n) is 4.54. The van der Waals surface area contributed by atoms with E-state index in [1.54, 1.807) is 26.0 Å². The molecule has 1 rings (SSSR count). The second-order valence-corrected chi connectivity index (χ2v) is 4.54. The Morgan fingerprint density at radius 2 is 2.05 bits per heavy atom. The third-order valence-corrected chi connectivity index (χ3v) is 2.71. The second kappa shape index (κ2) is 6.60. The van der Waals surface area contributed by atoms with Crippen LogP contribution < -0.4 is 11.3 Å². The number of anilines is 1. The molecule has 112 valence electrons. The van der Waals surface area contributed by atoms with Crippen LogP contribution in [-0.4, -0.2) is 30.1 Å². The average Bonchev–Trinajstić information content (AvgIpc) is 2.36. The molecule has 1 aromatic carbocycles. The molecule has 0 aromatic heterocycles. The standard InChI is InChI=1S/C13H18F3N3O/c1-3-6-19(8-13(14,15)16)12(20)10-7-9(2)4-5-11(10)18-17/h4-5,7,18H,3,6,8,17H2,1-2H3. The first-order valence-electron chi connectivity index (χ1n) is 6.21. The number of nitrogens with two attached hydrogens (primary N) is 1. The van der Waals surface area contributed by atoms with E-state index >= 15 is 0 Å². The van der Waals surface area contributed by atoms with Crippen LogP contribution in [0.4, 0.5) is 18.9 Å². The molecule has 1 amide bonds. The van der Waals surface area contributed by atoms with Crippen molar-refractivity contribution < 1.29 is 18.0 Å². The number of rotatable bonds is 5. The number of hydrazine groups is 1. The minimum absolute atomic E-state index is 0.0380. The fourth-order valence-electron chi connectivity index (χ4n) is 1.87. The molecule has 0 aliphatic carbocycles. The number of nitrogens with zero attached hydrogens (tertiary/aromatic N) is 1. The highest BCUT2D eigenvalue weighted by molar-refractivity contribution is 5.99. The van der Waals surface area contributed by atoms with E-state index in [4.69, 9.17) is 5.84 Å². The van der Waals surface area contributed by atoms with E-state index < -0.39 is 18.6 Å². The van der Waals surface area contributed by atoms with Crippen molar-refractivity contribution in [3.8, 4) is 0 Å². The molecule has 3 N–H and O–H groups in total. The Morgan fingerprint density at radius 1 is 1.40 bits per heavy atom. The number of benzene rings is 1. The number of hydrogen-bond acceptors (Lipinski definition) is 3. The van der Waals surface area contributed by atoms with Gasteiger partial charge in [-0.05, 0) is 25.5 Å². The van der Waals surface area contributed by atoms with Gasteiger partial charge in [-0.3, -0.25) is 10.6 Å². The van der Waals surface area contributed by atoms with Crippen molar-refractivity contribution in [3.05, 3.63) is 29.3 Å². The van der Waals surface area contributed by atoms with Gasteiger partial charge in [-0.25, -0.2) is 0 Å². The largest absolute Gasteiger partial charge is 0.406 e. The summed E-state index contributed by atoms with van der Waals surface area (Å²) >= 11 is 0. The maximum Gasteiger partial charge on any atom is 0.406 e. The molecular weight excluding hydrogens is 271 g/mol. The lowest BCUT2D eigenvalue weighted by Gasteiger charge is -2.24. The third kappa shape index (κ3) is 4.41. The van der Waals surface area contributed by atoms with Gasteiger partial charge in [-0.15, -0.1) is 0 Å². The van der Waals surface area contributed by atoms with Crippen molar-refractivity contribution in [1.82, 2.24) is 4.90 Å². The van der Waals surface area contributed by atoms with Crippen molar-refractivity contribution in [3.63, 3.8) is 0 Å². The van der Waals surface area contributed by atoms with Crippen molar-refractivity contribution >= 4 is 11.6 Å². The Bertz CT molecular complexity index is 474. The molecule has 0 saturated heterocycles. The lowest BCUT2D eigenvalue weighted by molar-refractivity contribution is -0.140. The maximum atomic E-state index is 12.5. The normalized spacial score (nSPS) is 11.3. The van der Waals surface area contributed by atoms with Crippen molar-refractivity contribution in [2.45, 2.75) is 26.4 Å². The first kappa shape index (κ1) is 16.3. The molecule has 0 bridgehead atoms. The molecular formula is C13H18F3N3O. The van der Waals surface area contributed by atoms with Gasteiger partial charge in [0.05, 0.1) is 11.3 Å². The highest BCUT2D eigenvalue weighted by Gasteiger charge is 2.33. The Labute approximate surface area is 115 Å². The van der Waals surface area contributed by atoms with Crippen LogP contribution in [0.15, 0.2) is 18.2 Å². The van der Waals surface area contributed by atoms with Gasteiger partial charge in [0.2, 0.25) is 0 Å². The monoisotopic (exact) mass is 289 g/mol. The zero-order valence-electron chi connectivity index (χ0n) is 11.4. The fraction of sp³-hybridized carbons (Fsp3) is 0.462. The molecule has 0 radical (unpaired) electrons. The van der Waals surface area contributed by atoms with E-state index in [0.29, 0.717) is 12.1 Å². The van der Waals surface area contributed by atoms with Gasteiger partial charge in [0.15, 0.2) is 0 Å². The Morgan fingerprint density at radius 3 is 2.55 bits per heavy atom. The molecule has 0 saturated carbocycles. The Hall–Kier alpha value is -1.76. The molecule has 0 fully saturated rings. The van der Waals surface area contributed by atoms with Crippen LogP contribution in [0, 0.1) is 6.92 Å². The molecule has 1 aromatic rings. The molecule has 0 atom stereocenters. The van der Waals surface area contributed by atoms with Crippen LogP contribution in [0.25, 0.3) is 0 Å². The lowest BCUT2D eigenvalue weighted by Crippen LogP contribution is -2.39. The zero-order chi connectivity index (χ0) is 15.3. The number of aryl methyl sites for hydroxylation is 1. The highest BCUT2D eigenvalue weighted by atomic mass is 19.4. The van der Waals surface area contributed by atoms with Gasteiger partial charge in [0, 0.05) is 6.54 Å². The molecule has 0 heterocycles. The summed E-state index contributed by atoms with van der Waals surface area (Å²) in [7, 11) is 0. The van der Waals surface area contributed by atoms with E-state index in [9.17, 15) is 18.0 Å². The SMILES string of the molecule is CCCN(CC(F)(F)F)C(=O)c1cc(C)ccc1NN. The summed E-state index contributed by atoms with van der Waals surface area (Å²) in [5.41, 5.74) is 3.56. The minimum Gasteiger partial charge on any atom is -0.329 e. The first-order chi connectivity index (χ1) is 9.28. The van der Waals surface area contributed by atoms with E-state index in [0.717, 1.165) is 10.5 Å². The van der Waals surface area contributed by atoms with E-state index in [-0.39, 0.29) is 12.1 Å². The van der Waals surface area contributed by atoms with E-state index in [1.807, 2.05) is 0 Å². The van der Waals surface area contributed by atoms with Gasteiger partial charge in [-0.2, -0.15) is 13.2 Å². The van der Waals surface area contributed by atoms with E-state index in [1.165, 1.54) is 6.07 Å². The number of halogens is 3. The van der Waals surface area contributed by atoms with Crippen LogP contribution in [-0.2, 0) is 0 Å². The number of nitrogen functional groups attached to an aromatic ring is 1. The topological polar surface area (TPSA) is 58.4 Å². The van der Waals surface area contributed by atoms with Gasteiger partial charge < -0.3 is 10.3 Å². The van der Waals surface area contributed by atoms with Crippen LogP contribution in [0.1, 0.15) is 29.3 Å². The number of amides is 1. The highest BCUT2D eigenvalue weighted by Crippen LogP contribution is 2.22. The molecule has 0 spiro atoms. The first-order valence-corrected chi connectivity index (χ1v) is 6.21. The molecule has 20 heavy (non-hydrogen) atoms. The van der Waals surface area contributed by atoms with Crippen LogP contribution in [0.5, 0.6) is 0 Å². The number of carbonyl (C=O) groups is 1. The van der Waals surface area contributed by atoms with Gasteiger partial charge >= 0.3 is 6.18 Å². The van der Waals surface area contributed by atoms with Crippen molar-refractivity contribution in [1.29, 1.82) is 0 Å². The summed E-state index contributed by atoms with van der Waals surface area (Å²) in [5.74, 6) is 4.62. The molecule has 7 heteroatoms. The van der Waals surface area contributed by atoms with E-state index in [2.05, 4.69) is 5.43 Å². The van der Waals surface area contributed by atoms with Gasteiger partial charge in [-0.1, -0.05) is 18.6 Å². The van der Waals surface area contributed by atoms with Gasteiger partial charge in [0.1, 0.15) is 6.54 Å². The summed E-state index contributed by atoms with van der Waals surface area (Å²) in [4.78, 5) is 13.1. The fourth-order valence-corrected chi connectivity index (χ4v) is 1.87. The lowest BCUT2D eigenvalue weighted by atomic mass is 10.1. The predicted octanol–water partition coefficient (Wildman–Crippen LogP) is 2.70. The summed E-state index contributed by atoms with van der Waals surface area (Å²) in [6.45, 7) is 2.24. The number of alkyl halides is 3. The van der Waals surface area contributed by atoms with Crippen molar-refractivity contribution in [2.24, 2.45) is 5.84 Å². The summed E-state index contributed by atoms with van der Waals surface area (Å²) in [6, 6.07) is 4.82. The average molecular weight is 289 g/mol. The maximum absolute atomic E-state index is 12.5. The summed E-state index contributed by atoms with van der Waals surface area (Å²) in [6.07, 6.45) is -3.98. The van der Waals surface area contributed by atoms with Crippen LogP contribution in [0.2, 0.25) is 0 Å². The molecule has 0 aliphatic heterocycles. The zero-order valence-corrected chi connectivity index (χ0v) is 11.4. The number of nitrogens with one attached hydrogen (secondary N) is 1. The van der Waals surface area contributed by atoms with Crippen LogP contribution >= 0.6 is 0 Å². The number of hydrogen-bond donors (Lipinski definition) is 2. The summed E-state index contributed by atoms with van der Waals surface area (Å²) in [5, 5.41) is 0. The Balaban J connectivity index is 3.08. The molecule has 4 nitrogen and oxygen atoms in total. The van der Waals surface area contributed by atoms with Gasteiger partial charge in [0.25, 0.3) is 5.91 Å². The quantitative estimate of drug-likeness (QED) is 0.647. The van der Waals surface area contributed by atoms with Crippen LogP contribution in [0.3, 0.4) is 0 Å². The predicted molar refractivity (Wildman–Crippen MR) is 71.2 cm³/mol. The Kier molecular flexibility index (Phi) is 5.38. The third-order valence-electron chi connectivity index (χ3n) is 2.71. The van der Waals surface area contributed by atoms with Crippen molar-refractivity contribution in [2.75, 3.05) is 18.5 Å². The number of carbonyl (C=O) groups excluding carboxylic acids is 1.